The Morgan fingerprint density at radius 3 is 2.08 bits per heavy atom. The maximum Gasteiger partial charge on any atom is 0.416 e. The molecule has 196 valence electrons. The molecule has 0 aromatic heterocycles. The van der Waals surface area contributed by atoms with E-state index in [1.807, 2.05) is 0 Å². The monoisotopic (exact) mass is 519 g/mol. The minimum absolute atomic E-state index is 0.0609. The van der Waals surface area contributed by atoms with Crippen LogP contribution in [0.3, 0.4) is 0 Å². The van der Waals surface area contributed by atoms with Crippen LogP contribution >= 0.6 is 0 Å². The number of ether oxygens (including phenoxy) is 1. The van der Waals surface area contributed by atoms with Gasteiger partial charge in [0.1, 0.15) is 11.9 Å². The summed E-state index contributed by atoms with van der Waals surface area (Å²) in [6.45, 7) is 1.26. The van der Waals surface area contributed by atoms with E-state index in [1.165, 1.54) is 24.3 Å². The fourth-order valence-electron chi connectivity index (χ4n) is 5.46. The molecule has 1 heterocycles. The Hall–Kier alpha value is -2.66. The van der Waals surface area contributed by atoms with E-state index in [4.69, 9.17) is 4.74 Å². The second kappa shape index (κ2) is 9.33. The van der Waals surface area contributed by atoms with E-state index < -0.39 is 65.5 Å². The zero-order valence-corrected chi connectivity index (χ0v) is 19.1. The van der Waals surface area contributed by atoms with Gasteiger partial charge in [-0.05, 0) is 67.1 Å². The molecule has 4 rings (SSSR count). The minimum Gasteiger partial charge on any atom is -0.383 e. The fourth-order valence-corrected chi connectivity index (χ4v) is 5.46. The Morgan fingerprint density at radius 1 is 1.00 bits per heavy atom. The summed E-state index contributed by atoms with van der Waals surface area (Å²) in [5.74, 6) is -1.73. The molecule has 0 unspecified atom stereocenters. The zero-order chi connectivity index (χ0) is 26.5. The number of aliphatic hydroxyl groups is 1. The molecule has 4 nitrogen and oxygen atoms in total. The molecule has 0 spiro atoms. The van der Waals surface area contributed by atoms with Gasteiger partial charge < -0.3 is 15.2 Å². The van der Waals surface area contributed by atoms with Crippen LogP contribution < -0.4 is 5.32 Å². The highest BCUT2D eigenvalue weighted by Gasteiger charge is 2.52. The molecule has 1 aliphatic heterocycles. The summed E-state index contributed by atoms with van der Waals surface area (Å²) in [5.41, 5.74) is -3.31. The number of carbonyl (C=O) groups excluding carboxylic acids is 1. The molecule has 0 bridgehead atoms. The molecule has 11 heteroatoms. The van der Waals surface area contributed by atoms with E-state index in [0.717, 1.165) is 0 Å². The average Bonchev–Trinajstić information content (AvgIpc) is 3.32. The first-order chi connectivity index (χ1) is 16.7. The van der Waals surface area contributed by atoms with Crippen LogP contribution in [0.2, 0.25) is 0 Å². The Kier molecular flexibility index (Phi) is 6.85. The lowest BCUT2D eigenvalue weighted by Gasteiger charge is -2.37. The predicted octanol–water partition coefficient (Wildman–Crippen LogP) is 5.58. The van der Waals surface area contributed by atoms with Crippen molar-refractivity contribution in [3.05, 3.63) is 70.5 Å². The van der Waals surface area contributed by atoms with Crippen LogP contribution in [0.5, 0.6) is 0 Å². The van der Waals surface area contributed by atoms with Gasteiger partial charge >= 0.3 is 12.4 Å². The summed E-state index contributed by atoms with van der Waals surface area (Å²) < 4.78 is 98.9. The van der Waals surface area contributed by atoms with E-state index in [-0.39, 0.29) is 24.0 Å². The average molecular weight is 519 g/mol. The van der Waals surface area contributed by atoms with Gasteiger partial charge in [0.05, 0.1) is 23.8 Å². The molecule has 1 amide bonds. The van der Waals surface area contributed by atoms with Crippen molar-refractivity contribution in [2.75, 3.05) is 0 Å². The maximum absolute atomic E-state index is 13.6. The maximum atomic E-state index is 13.6. The van der Waals surface area contributed by atoms with Crippen molar-refractivity contribution >= 4 is 5.91 Å². The summed E-state index contributed by atoms with van der Waals surface area (Å²) in [6, 6.07) is 6.88. The number of nitrogens with one attached hydrogen (secondary N) is 1. The van der Waals surface area contributed by atoms with E-state index in [0.29, 0.717) is 30.5 Å². The molecule has 1 saturated carbocycles. The van der Waals surface area contributed by atoms with Crippen molar-refractivity contribution < 1.29 is 45.4 Å². The quantitative estimate of drug-likeness (QED) is 0.507. The lowest BCUT2D eigenvalue weighted by atomic mass is 9.74. The lowest BCUT2D eigenvalue weighted by Crippen LogP contribution is -2.47. The Balaban J connectivity index is 1.63. The molecule has 2 N–H and O–H groups in total. The van der Waals surface area contributed by atoms with Crippen molar-refractivity contribution in [2.24, 2.45) is 5.92 Å². The molecule has 2 fully saturated rings. The van der Waals surface area contributed by atoms with Crippen LogP contribution in [0.1, 0.15) is 54.4 Å². The van der Waals surface area contributed by atoms with E-state index >= 15 is 0 Å². The molecule has 1 saturated heterocycles. The van der Waals surface area contributed by atoms with Crippen molar-refractivity contribution in [1.29, 1.82) is 0 Å². The fraction of sp³-hybridized carbons (Fsp3) is 0.480. The van der Waals surface area contributed by atoms with Gasteiger partial charge in [-0.2, -0.15) is 26.3 Å². The van der Waals surface area contributed by atoms with Crippen molar-refractivity contribution in [3.63, 3.8) is 0 Å². The minimum atomic E-state index is -4.97. The molecule has 1 aliphatic carbocycles. The largest absolute Gasteiger partial charge is 0.416 e. The van der Waals surface area contributed by atoms with Gasteiger partial charge in [0.25, 0.3) is 0 Å². The number of benzene rings is 2. The molecule has 2 aliphatic rings. The number of halogens is 7. The number of hydrogen-bond donors (Lipinski definition) is 2. The first-order valence-electron chi connectivity index (χ1n) is 11.3. The van der Waals surface area contributed by atoms with Crippen LogP contribution in [-0.4, -0.2) is 28.8 Å². The number of alkyl halides is 6. The second-order valence-corrected chi connectivity index (χ2v) is 9.65. The highest BCUT2D eigenvalue weighted by atomic mass is 19.4. The number of rotatable bonds is 5. The Bertz CT molecular complexity index is 1080. The number of aliphatic hydroxyl groups excluding tert-OH is 1. The van der Waals surface area contributed by atoms with Gasteiger partial charge in [-0.25, -0.2) is 4.39 Å². The third kappa shape index (κ3) is 5.36. The second-order valence-electron chi connectivity index (χ2n) is 9.65. The molecular formula is C25H24F7NO3. The number of carbonyl (C=O) groups is 1. The van der Waals surface area contributed by atoms with Crippen LogP contribution in [0.15, 0.2) is 42.5 Å². The summed E-state index contributed by atoms with van der Waals surface area (Å²) in [5, 5.41) is 12.8. The Labute approximate surface area is 202 Å². The topological polar surface area (TPSA) is 58.6 Å². The van der Waals surface area contributed by atoms with Crippen molar-refractivity contribution in [2.45, 2.75) is 68.8 Å². The van der Waals surface area contributed by atoms with Gasteiger partial charge in [0.15, 0.2) is 0 Å². The Morgan fingerprint density at radius 2 is 1.58 bits per heavy atom. The van der Waals surface area contributed by atoms with E-state index in [1.54, 1.807) is 6.92 Å². The smallest absolute Gasteiger partial charge is 0.383 e. The van der Waals surface area contributed by atoms with Gasteiger partial charge in [-0.1, -0.05) is 12.1 Å². The number of hydrogen-bond acceptors (Lipinski definition) is 3. The van der Waals surface area contributed by atoms with E-state index in [2.05, 4.69) is 5.32 Å². The first-order valence-corrected chi connectivity index (χ1v) is 11.3. The van der Waals surface area contributed by atoms with Crippen LogP contribution in [0.4, 0.5) is 30.7 Å². The van der Waals surface area contributed by atoms with E-state index in [9.17, 15) is 40.6 Å². The summed E-state index contributed by atoms with van der Waals surface area (Å²) >= 11 is 0. The normalized spacial score (nSPS) is 29.0. The molecular weight excluding hydrogens is 495 g/mol. The van der Waals surface area contributed by atoms with Crippen molar-refractivity contribution in [1.82, 2.24) is 5.32 Å². The summed E-state index contributed by atoms with van der Waals surface area (Å²) in [7, 11) is 0. The standard InChI is InChI=1S/C25H24F7NO3/c1-23(11-19(34)22(35)33-23)18-6-7-20(21(18)14-2-4-17(26)5-3-14)36-12-13-8-15(24(27,28)29)10-16(9-13)25(30,31)32/h2-5,8-10,18-21,34H,6-7,11-12H2,1H3,(H,33,35)/t18-,19+,20+,21+,23-/m1/s1. The molecule has 5 atom stereocenters. The van der Waals surface area contributed by atoms with Gasteiger partial charge in [0, 0.05) is 17.9 Å². The summed E-state index contributed by atoms with van der Waals surface area (Å²) in [4.78, 5) is 12.0. The predicted molar refractivity (Wildman–Crippen MR) is 114 cm³/mol. The third-order valence-corrected chi connectivity index (χ3v) is 7.11. The highest BCUT2D eigenvalue weighted by molar-refractivity contribution is 5.84. The van der Waals surface area contributed by atoms with Crippen LogP contribution in [-0.2, 0) is 28.5 Å². The van der Waals surface area contributed by atoms with Gasteiger partial charge in [0.2, 0.25) is 5.91 Å². The van der Waals surface area contributed by atoms with Crippen molar-refractivity contribution in [3.8, 4) is 0 Å². The SMILES string of the molecule is C[C@]1([C@@H]2CC[C@H](OCc3cc(C(F)(F)F)cc(C(F)(F)F)c3)[C@H]2c2ccc(F)cc2)C[C@H](O)C(=O)N1. The molecule has 2 aromatic rings. The molecule has 0 radical (unpaired) electrons. The van der Waals surface area contributed by atoms with Gasteiger partial charge in [-0.15, -0.1) is 0 Å². The van der Waals surface area contributed by atoms with Gasteiger partial charge in [-0.3, -0.25) is 4.79 Å². The third-order valence-electron chi connectivity index (χ3n) is 7.11. The molecule has 2 aromatic carbocycles. The first kappa shape index (κ1) is 26.4. The van der Waals surface area contributed by atoms with Crippen LogP contribution in [0.25, 0.3) is 0 Å². The lowest BCUT2D eigenvalue weighted by molar-refractivity contribution is -0.143. The van der Waals surface area contributed by atoms with Crippen LogP contribution in [0, 0.1) is 11.7 Å². The zero-order valence-electron chi connectivity index (χ0n) is 19.1. The molecule has 36 heavy (non-hydrogen) atoms. The summed E-state index contributed by atoms with van der Waals surface area (Å²) in [6.07, 6.45) is -10.7. The highest BCUT2D eigenvalue weighted by Crippen LogP contribution is 2.49. The number of amides is 1.